The number of esters is 1. The van der Waals surface area contributed by atoms with Gasteiger partial charge in [0.15, 0.2) is 0 Å². The molecule has 0 aromatic rings. The van der Waals surface area contributed by atoms with Gasteiger partial charge in [-0.25, -0.2) is 9.59 Å². The minimum Gasteiger partial charge on any atom is -0.434 e. The van der Waals surface area contributed by atoms with Gasteiger partial charge in [0.25, 0.3) is 0 Å². The second-order valence-corrected chi connectivity index (χ2v) is 9.26. The number of fused-ring (bicyclic) bond motifs is 1. The second kappa shape index (κ2) is 9.14. The molecule has 0 aromatic carbocycles. The molecule has 0 bridgehead atoms. The molecule has 2 rings (SSSR count). The average molecular weight is 403 g/mol. The standard InChI is InChI=1S/C18H30N2O6S/c1-5-7-8-11(6-2)9-24-17(23)26-10-25-16(22)13-18(3,4)27-15-12(19)14(21)20(13)15/h11-13,15H,5-10,19H2,1-4H3/t11?,12-,13+,15-/m1/s1. The number of rotatable bonds is 9. The number of unbranched alkanes of at least 4 members (excludes halogenated alkanes) is 1. The predicted molar refractivity (Wildman–Crippen MR) is 101 cm³/mol. The van der Waals surface area contributed by atoms with E-state index in [2.05, 4.69) is 6.92 Å². The van der Waals surface area contributed by atoms with Crippen LogP contribution in [0.1, 0.15) is 53.4 Å². The topological polar surface area (TPSA) is 108 Å². The van der Waals surface area contributed by atoms with E-state index in [0.29, 0.717) is 5.92 Å². The fourth-order valence-electron chi connectivity index (χ4n) is 3.36. The fraction of sp³-hybridized carbons (Fsp3) is 0.833. The third-order valence-corrected chi connectivity index (χ3v) is 6.66. The summed E-state index contributed by atoms with van der Waals surface area (Å²) in [5.74, 6) is -0.578. The Labute approximate surface area is 164 Å². The highest BCUT2D eigenvalue weighted by molar-refractivity contribution is 8.01. The van der Waals surface area contributed by atoms with E-state index < -0.39 is 35.7 Å². The number of carbonyl (C=O) groups excluding carboxylic acids is 3. The maximum absolute atomic E-state index is 12.4. The molecule has 0 saturated carbocycles. The lowest BCUT2D eigenvalue weighted by Gasteiger charge is -2.41. The summed E-state index contributed by atoms with van der Waals surface area (Å²) in [6, 6.07) is -1.34. The van der Waals surface area contributed by atoms with Gasteiger partial charge < -0.3 is 24.8 Å². The molecule has 0 spiro atoms. The Bertz CT molecular complexity index is 570. The van der Waals surface area contributed by atoms with Crippen molar-refractivity contribution < 1.29 is 28.6 Å². The third-order valence-electron chi connectivity index (χ3n) is 5.06. The van der Waals surface area contributed by atoms with Crippen LogP contribution in [0.2, 0.25) is 0 Å². The third kappa shape index (κ3) is 4.87. The van der Waals surface area contributed by atoms with Gasteiger partial charge in [-0.05, 0) is 26.2 Å². The van der Waals surface area contributed by atoms with Crippen LogP contribution < -0.4 is 5.73 Å². The zero-order chi connectivity index (χ0) is 20.2. The molecule has 4 atom stereocenters. The predicted octanol–water partition coefficient (Wildman–Crippen LogP) is 2.25. The Morgan fingerprint density at radius 3 is 2.59 bits per heavy atom. The lowest BCUT2D eigenvalue weighted by Crippen LogP contribution is -2.68. The van der Waals surface area contributed by atoms with Gasteiger partial charge in [0.05, 0.1) is 6.61 Å². The monoisotopic (exact) mass is 402 g/mol. The summed E-state index contributed by atoms with van der Waals surface area (Å²) >= 11 is 1.47. The van der Waals surface area contributed by atoms with E-state index in [0.717, 1.165) is 25.7 Å². The minimum absolute atomic E-state index is 0.218. The van der Waals surface area contributed by atoms with Crippen LogP contribution in [0.4, 0.5) is 4.79 Å². The van der Waals surface area contributed by atoms with Gasteiger partial charge in [-0.2, -0.15) is 0 Å². The van der Waals surface area contributed by atoms with Gasteiger partial charge >= 0.3 is 12.1 Å². The first kappa shape index (κ1) is 21.8. The van der Waals surface area contributed by atoms with Gasteiger partial charge in [-0.15, -0.1) is 11.8 Å². The van der Waals surface area contributed by atoms with E-state index in [1.807, 2.05) is 20.8 Å². The number of hydrogen-bond donors (Lipinski definition) is 1. The average Bonchev–Trinajstić information content (AvgIpc) is 2.89. The molecule has 2 saturated heterocycles. The van der Waals surface area contributed by atoms with Gasteiger partial charge in [-0.1, -0.05) is 33.1 Å². The Hall–Kier alpha value is -1.48. The molecule has 2 heterocycles. The maximum Gasteiger partial charge on any atom is 0.511 e. The van der Waals surface area contributed by atoms with Crippen molar-refractivity contribution in [1.82, 2.24) is 4.90 Å². The Morgan fingerprint density at radius 2 is 1.96 bits per heavy atom. The molecular formula is C18H30N2O6S. The number of nitrogens with zero attached hydrogens (tertiary/aromatic N) is 1. The Kier molecular flexibility index (Phi) is 7.39. The van der Waals surface area contributed by atoms with Crippen molar-refractivity contribution in [1.29, 1.82) is 0 Å². The van der Waals surface area contributed by atoms with Crippen LogP contribution in [0.5, 0.6) is 0 Å². The zero-order valence-electron chi connectivity index (χ0n) is 16.4. The number of thioether (sulfide) groups is 1. The summed E-state index contributed by atoms with van der Waals surface area (Å²) in [5, 5.41) is -0.218. The summed E-state index contributed by atoms with van der Waals surface area (Å²) in [4.78, 5) is 37.5. The highest BCUT2D eigenvalue weighted by atomic mass is 32.2. The van der Waals surface area contributed by atoms with Gasteiger partial charge in [-0.3, -0.25) is 4.79 Å². The summed E-state index contributed by atoms with van der Waals surface area (Å²) in [6.07, 6.45) is 3.24. The normalized spacial score (nSPS) is 26.8. The molecule has 8 nitrogen and oxygen atoms in total. The lowest BCUT2D eigenvalue weighted by atomic mass is 9.96. The second-order valence-electron chi connectivity index (χ2n) is 7.49. The van der Waals surface area contributed by atoms with Crippen LogP contribution >= 0.6 is 11.8 Å². The summed E-state index contributed by atoms with van der Waals surface area (Å²) < 4.78 is 14.4. The highest BCUT2D eigenvalue weighted by Gasteiger charge is 2.63. The van der Waals surface area contributed by atoms with Crippen molar-refractivity contribution in [2.45, 2.75) is 75.6 Å². The van der Waals surface area contributed by atoms with Crippen molar-refractivity contribution in [3.8, 4) is 0 Å². The molecule has 2 aliphatic heterocycles. The molecular weight excluding hydrogens is 372 g/mol. The van der Waals surface area contributed by atoms with Crippen LogP contribution in [-0.4, -0.2) is 58.5 Å². The number of carbonyl (C=O) groups is 3. The first-order valence-corrected chi connectivity index (χ1v) is 10.3. The van der Waals surface area contributed by atoms with Crippen molar-refractivity contribution in [2.24, 2.45) is 11.7 Å². The van der Waals surface area contributed by atoms with Crippen LogP contribution in [0.15, 0.2) is 0 Å². The molecule has 2 aliphatic rings. The first-order chi connectivity index (χ1) is 12.7. The molecule has 2 fully saturated rings. The quantitative estimate of drug-likeness (QED) is 0.355. The number of ether oxygens (including phenoxy) is 3. The molecule has 0 radical (unpaired) electrons. The van der Waals surface area contributed by atoms with E-state index in [4.69, 9.17) is 19.9 Å². The number of nitrogens with two attached hydrogens (primary N) is 1. The van der Waals surface area contributed by atoms with E-state index >= 15 is 0 Å². The van der Waals surface area contributed by atoms with E-state index in [-0.39, 0.29) is 17.9 Å². The SMILES string of the molecule is CCCCC(CC)COC(=O)OCOC(=O)[C@@H]1N2C(=O)[C@@H](N)[C@H]2SC1(C)C. The largest absolute Gasteiger partial charge is 0.511 e. The molecule has 9 heteroatoms. The van der Waals surface area contributed by atoms with E-state index in [9.17, 15) is 14.4 Å². The van der Waals surface area contributed by atoms with Gasteiger partial charge in [0.1, 0.15) is 17.5 Å². The van der Waals surface area contributed by atoms with E-state index in [1.165, 1.54) is 16.7 Å². The summed E-state index contributed by atoms with van der Waals surface area (Å²) in [7, 11) is 0. The highest BCUT2D eigenvalue weighted by Crippen LogP contribution is 2.50. The van der Waals surface area contributed by atoms with Crippen LogP contribution in [0.3, 0.4) is 0 Å². The van der Waals surface area contributed by atoms with Crippen molar-refractivity contribution in [2.75, 3.05) is 13.4 Å². The Morgan fingerprint density at radius 1 is 1.26 bits per heavy atom. The van der Waals surface area contributed by atoms with Gasteiger partial charge in [0.2, 0.25) is 12.7 Å². The van der Waals surface area contributed by atoms with Crippen LogP contribution in [0.25, 0.3) is 0 Å². The van der Waals surface area contributed by atoms with Crippen molar-refractivity contribution in [3.63, 3.8) is 0 Å². The molecule has 154 valence electrons. The number of hydrogen-bond acceptors (Lipinski definition) is 8. The summed E-state index contributed by atoms with van der Waals surface area (Å²) in [6.45, 7) is 7.63. The first-order valence-electron chi connectivity index (χ1n) is 9.44. The fourth-order valence-corrected chi connectivity index (χ4v) is 4.93. The minimum atomic E-state index is -0.863. The van der Waals surface area contributed by atoms with Crippen LogP contribution in [-0.2, 0) is 23.8 Å². The maximum atomic E-state index is 12.4. The molecule has 0 aromatic heterocycles. The molecule has 1 amide bonds. The lowest BCUT2D eigenvalue weighted by molar-refractivity contribution is -0.169. The van der Waals surface area contributed by atoms with Gasteiger partial charge in [0, 0.05) is 4.75 Å². The van der Waals surface area contributed by atoms with Crippen LogP contribution in [0, 0.1) is 5.92 Å². The zero-order valence-corrected chi connectivity index (χ0v) is 17.3. The van der Waals surface area contributed by atoms with Crippen molar-refractivity contribution >= 4 is 29.8 Å². The smallest absolute Gasteiger partial charge is 0.434 e. The number of amides is 1. The summed E-state index contributed by atoms with van der Waals surface area (Å²) in [5.41, 5.74) is 5.78. The van der Waals surface area contributed by atoms with Crippen molar-refractivity contribution in [3.05, 3.63) is 0 Å². The Balaban J connectivity index is 1.74. The number of β-lactam (4-membered cyclic amide) rings is 1. The molecule has 1 unspecified atom stereocenters. The molecule has 0 aliphatic carbocycles. The van der Waals surface area contributed by atoms with E-state index in [1.54, 1.807) is 0 Å². The molecule has 27 heavy (non-hydrogen) atoms. The molecule has 2 N–H and O–H groups in total.